The Bertz CT molecular complexity index is 1180. The minimum absolute atomic E-state index is 0.140. The Morgan fingerprint density at radius 3 is 2.52 bits per heavy atom. The first-order chi connectivity index (χ1) is 15.1. The Hall–Kier alpha value is -2.68. The molecule has 0 atom stereocenters. The van der Waals surface area contributed by atoms with Crippen LogP contribution in [0.3, 0.4) is 0 Å². The van der Waals surface area contributed by atoms with Crippen LogP contribution in [0.4, 0.5) is 5.69 Å². The summed E-state index contributed by atoms with van der Waals surface area (Å²) in [5, 5.41) is 2.66. The lowest BCUT2D eigenvalue weighted by Gasteiger charge is -2.35. The Labute approximate surface area is 190 Å². The summed E-state index contributed by atoms with van der Waals surface area (Å²) in [6.07, 6.45) is 3.72. The second kappa shape index (κ2) is 8.45. The predicted octanol–water partition coefficient (Wildman–Crippen LogP) is 3.66. The van der Waals surface area contributed by atoms with E-state index < -0.39 is 0 Å². The lowest BCUT2D eigenvalue weighted by atomic mass is 10.1. The number of benzene rings is 2. The van der Waals surface area contributed by atoms with Crippen molar-refractivity contribution in [3.63, 3.8) is 0 Å². The highest BCUT2D eigenvalue weighted by Gasteiger charge is 2.22. The third-order valence-electron chi connectivity index (χ3n) is 5.82. The minimum Gasteiger partial charge on any atom is -0.369 e. The molecule has 3 aromatic rings. The Morgan fingerprint density at radius 1 is 1.10 bits per heavy atom. The summed E-state index contributed by atoms with van der Waals surface area (Å²) in [4.78, 5) is 22.1. The number of imidazole rings is 1. The number of piperazine rings is 1. The van der Waals surface area contributed by atoms with Crippen molar-refractivity contribution in [2.24, 2.45) is 0 Å². The van der Waals surface area contributed by atoms with Crippen LogP contribution in [0.25, 0.3) is 22.8 Å². The molecule has 3 heterocycles. The minimum atomic E-state index is -0.140. The van der Waals surface area contributed by atoms with Crippen LogP contribution in [0.15, 0.2) is 53.7 Å². The lowest BCUT2D eigenvalue weighted by molar-refractivity contribution is -0.115. The lowest BCUT2D eigenvalue weighted by Crippen LogP contribution is -2.46. The molecule has 2 fully saturated rings. The van der Waals surface area contributed by atoms with Gasteiger partial charge < -0.3 is 15.1 Å². The number of likely N-dealkylation sites (N-methyl/N-ethyl adjacent to an activating group) is 1. The Balaban J connectivity index is 1.41. The second-order valence-corrected chi connectivity index (χ2v) is 9.37. The number of hydrogen-bond donors (Lipinski definition) is 1. The van der Waals surface area contributed by atoms with E-state index >= 15 is 0 Å². The molecule has 2 aliphatic heterocycles. The fourth-order valence-corrected chi connectivity index (χ4v) is 5.08. The summed E-state index contributed by atoms with van der Waals surface area (Å²) in [6, 6.07) is 14.7. The molecule has 5 rings (SSSR count). The number of carbonyl (C=O) groups excluding carboxylic acids is 1. The number of thioether (sulfide) groups is 1. The molecule has 2 aliphatic rings. The molecule has 6 nitrogen and oxygen atoms in total. The molecule has 1 amide bonds. The van der Waals surface area contributed by atoms with E-state index in [1.54, 1.807) is 0 Å². The normalized spacial score (nSPS) is 18.9. The molecule has 0 unspecified atom stereocenters. The van der Waals surface area contributed by atoms with Crippen LogP contribution in [0.2, 0.25) is 0 Å². The maximum Gasteiger partial charge on any atom is 0.263 e. The van der Waals surface area contributed by atoms with Gasteiger partial charge in [-0.2, -0.15) is 0 Å². The number of hydrogen-bond acceptors (Lipinski definition) is 6. The molecule has 0 saturated carbocycles. The first-order valence-corrected chi connectivity index (χ1v) is 11.6. The van der Waals surface area contributed by atoms with Gasteiger partial charge in [0.25, 0.3) is 5.91 Å². The maximum atomic E-state index is 12.0. The standard InChI is InChI=1S/C23H23N5OS2/c1-2-26-9-11-27(12-10-26)17-4-6-18(7-5-17)28-15-24-19-8-3-16(13-20(19)28)14-21-22(29)25-23(30)31-21/h3-8,13-15H,2,9-12H2,1H3,(H,25,29,30). The fraction of sp³-hybridized carbons (Fsp3) is 0.261. The summed E-state index contributed by atoms with van der Waals surface area (Å²) >= 11 is 6.37. The van der Waals surface area contributed by atoms with Crippen LogP contribution < -0.4 is 10.2 Å². The molecule has 2 aromatic carbocycles. The SMILES string of the molecule is CCN1CCN(c2ccc(-n3cnc4ccc(C=C5SC(=S)NC5=O)cc43)cc2)CC1. The van der Waals surface area contributed by atoms with Gasteiger partial charge in [-0.1, -0.05) is 37.0 Å². The maximum absolute atomic E-state index is 12.0. The average Bonchev–Trinajstić information content (AvgIpc) is 3.36. The quantitative estimate of drug-likeness (QED) is 0.485. The van der Waals surface area contributed by atoms with E-state index in [4.69, 9.17) is 12.2 Å². The first-order valence-electron chi connectivity index (χ1n) is 10.4. The van der Waals surface area contributed by atoms with Crippen molar-refractivity contribution in [3.8, 4) is 5.69 Å². The molecule has 0 spiro atoms. The zero-order chi connectivity index (χ0) is 21.4. The third kappa shape index (κ3) is 4.11. The summed E-state index contributed by atoms with van der Waals surface area (Å²) < 4.78 is 2.58. The highest BCUT2D eigenvalue weighted by molar-refractivity contribution is 8.26. The van der Waals surface area contributed by atoms with E-state index in [1.807, 2.05) is 24.5 Å². The van der Waals surface area contributed by atoms with Gasteiger partial charge in [0.2, 0.25) is 0 Å². The van der Waals surface area contributed by atoms with E-state index in [1.165, 1.54) is 17.4 Å². The van der Waals surface area contributed by atoms with Gasteiger partial charge in [0, 0.05) is 37.6 Å². The zero-order valence-electron chi connectivity index (χ0n) is 17.2. The van der Waals surface area contributed by atoms with E-state index in [-0.39, 0.29) is 5.91 Å². The van der Waals surface area contributed by atoms with Crippen LogP contribution in [0, 0.1) is 0 Å². The smallest absolute Gasteiger partial charge is 0.263 e. The number of amides is 1. The first kappa shape index (κ1) is 20.2. The van der Waals surface area contributed by atoms with Crippen molar-refractivity contribution >= 4 is 57.0 Å². The van der Waals surface area contributed by atoms with Crippen LogP contribution in [0.5, 0.6) is 0 Å². The van der Waals surface area contributed by atoms with Crippen molar-refractivity contribution in [2.45, 2.75) is 6.92 Å². The molecule has 31 heavy (non-hydrogen) atoms. The molecule has 2 saturated heterocycles. The van der Waals surface area contributed by atoms with E-state index in [0.29, 0.717) is 9.23 Å². The van der Waals surface area contributed by atoms with Gasteiger partial charge in [0.05, 0.1) is 15.9 Å². The van der Waals surface area contributed by atoms with Crippen LogP contribution in [0.1, 0.15) is 12.5 Å². The number of anilines is 1. The van der Waals surface area contributed by atoms with Crippen molar-refractivity contribution in [2.75, 3.05) is 37.6 Å². The molecule has 0 bridgehead atoms. The number of fused-ring (bicyclic) bond motifs is 1. The molecule has 1 aromatic heterocycles. The van der Waals surface area contributed by atoms with Gasteiger partial charge in [-0.05, 0) is 54.6 Å². The largest absolute Gasteiger partial charge is 0.369 e. The number of nitrogens with one attached hydrogen (secondary N) is 1. The fourth-order valence-electron chi connectivity index (χ4n) is 4.04. The van der Waals surface area contributed by atoms with Crippen molar-refractivity contribution in [1.82, 2.24) is 19.8 Å². The number of nitrogens with zero attached hydrogens (tertiary/aromatic N) is 4. The molecule has 1 N–H and O–H groups in total. The molecule has 158 valence electrons. The van der Waals surface area contributed by atoms with Crippen molar-refractivity contribution in [3.05, 3.63) is 59.3 Å². The molecular weight excluding hydrogens is 426 g/mol. The monoisotopic (exact) mass is 449 g/mol. The van der Waals surface area contributed by atoms with Crippen LogP contribution >= 0.6 is 24.0 Å². The van der Waals surface area contributed by atoms with Crippen LogP contribution in [-0.4, -0.2) is 57.4 Å². The third-order valence-corrected chi connectivity index (χ3v) is 6.99. The number of rotatable bonds is 4. The zero-order valence-corrected chi connectivity index (χ0v) is 18.9. The van der Waals surface area contributed by atoms with Gasteiger partial charge >= 0.3 is 0 Å². The van der Waals surface area contributed by atoms with Gasteiger partial charge in [0.1, 0.15) is 10.6 Å². The van der Waals surface area contributed by atoms with Crippen molar-refractivity contribution < 1.29 is 4.79 Å². The number of aromatic nitrogens is 2. The molecule has 0 radical (unpaired) electrons. The molecular formula is C23H23N5OS2. The second-order valence-electron chi connectivity index (χ2n) is 7.65. The summed E-state index contributed by atoms with van der Waals surface area (Å²) in [6.45, 7) is 7.70. The average molecular weight is 450 g/mol. The van der Waals surface area contributed by atoms with E-state index in [0.717, 1.165) is 55.0 Å². The van der Waals surface area contributed by atoms with Crippen molar-refractivity contribution in [1.29, 1.82) is 0 Å². The molecule has 8 heteroatoms. The molecule has 0 aliphatic carbocycles. The number of carbonyl (C=O) groups is 1. The van der Waals surface area contributed by atoms with Crippen LogP contribution in [-0.2, 0) is 4.79 Å². The summed E-state index contributed by atoms with van der Waals surface area (Å²) in [7, 11) is 0. The van der Waals surface area contributed by atoms with Gasteiger partial charge in [-0.15, -0.1) is 0 Å². The summed E-state index contributed by atoms with van der Waals surface area (Å²) in [5.74, 6) is -0.140. The van der Waals surface area contributed by atoms with Gasteiger partial charge in [-0.25, -0.2) is 4.98 Å². The predicted molar refractivity (Wildman–Crippen MR) is 132 cm³/mol. The highest BCUT2D eigenvalue weighted by Crippen LogP contribution is 2.28. The number of thiocarbonyl (C=S) groups is 1. The van der Waals surface area contributed by atoms with Gasteiger partial charge in [-0.3, -0.25) is 9.36 Å². The summed E-state index contributed by atoms with van der Waals surface area (Å²) in [5.41, 5.74) is 5.19. The van der Waals surface area contributed by atoms with E-state index in [9.17, 15) is 4.79 Å². The van der Waals surface area contributed by atoms with E-state index in [2.05, 4.69) is 61.9 Å². The topological polar surface area (TPSA) is 53.4 Å². The highest BCUT2D eigenvalue weighted by atomic mass is 32.2. The Morgan fingerprint density at radius 2 is 1.84 bits per heavy atom. The van der Waals surface area contributed by atoms with Gasteiger partial charge in [0.15, 0.2) is 0 Å². The Kier molecular flexibility index (Phi) is 5.52.